The number of carbonyl (C=O) groups excluding carboxylic acids is 2. The van der Waals surface area contributed by atoms with E-state index in [0.29, 0.717) is 19.3 Å². The highest BCUT2D eigenvalue weighted by atomic mass is 16.5. The molecule has 3 atom stereocenters. The summed E-state index contributed by atoms with van der Waals surface area (Å²) in [5.74, 6) is -0.509. The van der Waals surface area contributed by atoms with Crippen molar-refractivity contribution in [2.45, 2.75) is 264 Å². The van der Waals surface area contributed by atoms with E-state index in [9.17, 15) is 19.8 Å². The first-order valence-electron chi connectivity index (χ1n) is 24.2. The zero-order chi connectivity index (χ0) is 41.0. The van der Waals surface area contributed by atoms with Crippen molar-refractivity contribution in [1.82, 2.24) is 5.32 Å². The number of hydrogen-bond donors (Lipinski definition) is 3. The molecule has 6 heteroatoms. The van der Waals surface area contributed by atoms with Gasteiger partial charge in [-0.05, 0) is 77.0 Å². The lowest BCUT2D eigenvalue weighted by Crippen LogP contribution is -2.46. The summed E-state index contributed by atoms with van der Waals surface area (Å²) in [5.41, 5.74) is 0. The minimum absolute atomic E-state index is 0.0550. The molecule has 0 aromatic heterocycles. The Morgan fingerprint density at radius 3 is 1.45 bits per heavy atom. The van der Waals surface area contributed by atoms with Crippen molar-refractivity contribution in [3.63, 3.8) is 0 Å². The average Bonchev–Trinajstić information content (AvgIpc) is 3.19. The normalized spacial score (nSPS) is 13.6. The molecule has 328 valence electrons. The van der Waals surface area contributed by atoms with Crippen LogP contribution in [0.15, 0.2) is 36.5 Å². The van der Waals surface area contributed by atoms with Crippen LogP contribution in [0.25, 0.3) is 0 Å². The molecule has 3 unspecified atom stereocenters. The smallest absolute Gasteiger partial charge is 0.306 e. The molecule has 0 saturated carbocycles. The Labute approximate surface area is 347 Å². The van der Waals surface area contributed by atoms with Crippen LogP contribution in [-0.2, 0) is 14.3 Å². The number of nitrogens with one attached hydrogen (secondary N) is 1. The van der Waals surface area contributed by atoms with E-state index in [2.05, 4.69) is 62.5 Å². The molecule has 3 N–H and O–H groups in total. The molecule has 0 radical (unpaired) electrons. The molecule has 0 rings (SSSR count). The maximum atomic E-state index is 13.1. The summed E-state index contributed by atoms with van der Waals surface area (Å²) in [4.78, 5) is 26.0. The number of allylic oxidation sites excluding steroid dienone is 6. The number of carbonyl (C=O) groups is 2. The summed E-state index contributed by atoms with van der Waals surface area (Å²) in [6.45, 7) is 6.41. The minimum atomic E-state index is -0.791. The predicted octanol–water partition coefficient (Wildman–Crippen LogP) is 14.1. The van der Waals surface area contributed by atoms with Gasteiger partial charge in [-0.1, -0.05) is 192 Å². The van der Waals surface area contributed by atoms with Gasteiger partial charge in [-0.3, -0.25) is 9.59 Å². The highest BCUT2D eigenvalue weighted by Crippen LogP contribution is 2.17. The van der Waals surface area contributed by atoms with Crippen molar-refractivity contribution in [1.29, 1.82) is 0 Å². The Morgan fingerprint density at radius 2 is 0.929 bits per heavy atom. The van der Waals surface area contributed by atoms with E-state index in [1.807, 2.05) is 0 Å². The third kappa shape index (κ3) is 38.9. The van der Waals surface area contributed by atoms with Crippen LogP contribution >= 0.6 is 0 Å². The predicted molar refractivity (Wildman–Crippen MR) is 241 cm³/mol. The molecule has 56 heavy (non-hydrogen) atoms. The molecular weight excluding hydrogens is 695 g/mol. The van der Waals surface area contributed by atoms with Gasteiger partial charge in [-0.2, -0.15) is 0 Å². The molecule has 0 aromatic carbocycles. The Morgan fingerprint density at radius 1 is 0.518 bits per heavy atom. The van der Waals surface area contributed by atoms with Crippen LogP contribution < -0.4 is 5.32 Å². The molecule has 0 aliphatic rings. The van der Waals surface area contributed by atoms with Crippen molar-refractivity contribution in [3.05, 3.63) is 36.5 Å². The maximum Gasteiger partial charge on any atom is 0.306 e. The number of unbranched alkanes of at least 4 members (excludes halogenated alkanes) is 25. The molecular formula is C50H93NO5. The zero-order valence-electron chi connectivity index (χ0n) is 37.3. The van der Waals surface area contributed by atoms with E-state index < -0.39 is 18.2 Å². The van der Waals surface area contributed by atoms with Gasteiger partial charge >= 0.3 is 5.97 Å². The van der Waals surface area contributed by atoms with Crippen LogP contribution in [0.1, 0.15) is 245 Å². The first-order chi connectivity index (χ1) is 27.5. The van der Waals surface area contributed by atoms with Gasteiger partial charge in [0.05, 0.1) is 25.2 Å². The monoisotopic (exact) mass is 788 g/mol. The molecule has 0 fully saturated rings. The zero-order valence-corrected chi connectivity index (χ0v) is 37.3. The van der Waals surface area contributed by atoms with Gasteiger partial charge in [0.1, 0.15) is 6.10 Å². The second-order valence-electron chi connectivity index (χ2n) is 16.5. The van der Waals surface area contributed by atoms with E-state index in [1.165, 1.54) is 128 Å². The quantitative estimate of drug-likeness (QED) is 0.0325. The standard InChI is InChI=1S/C50H93NO5/c1-4-7-10-13-16-19-21-22-23-24-25-26-28-31-34-37-40-43-50(55)56-46(41-38-35-32-30-27-20-17-14-11-8-5-2)44-49(54)51-47(45-52)48(53)42-39-36-33-29-18-15-12-9-6-3/h16,19,22-23,30,32,46-48,52-53H,4-15,17-18,20-21,24-29,31,33-45H2,1-3H3,(H,51,54)/b19-16-,23-22-,32-30-. The fraction of sp³-hybridized carbons (Fsp3) is 0.840. The average molecular weight is 788 g/mol. The van der Waals surface area contributed by atoms with E-state index in [0.717, 1.165) is 70.6 Å². The van der Waals surface area contributed by atoms with Gasteiger partial charge in [-0.15, -0.1) is 0 Å². The van der Waals surface area contributed by atoms with Gasteiger partial charge in [0.2, 0.25) is 5.91 Å². The molecule has 6 nitrogen and oxygen atoms in total. The van der Waals surface area contributed by atoms with E-state index in [4.69, 9.17) is 4.74 Å². The van der Waals surface area contributed by atoms with Gasteiger partial charge in [0.15, 0.2) is 0 Å². The van der Waals surface area contributed by atoms with Crippen LogP contribution in [0.5, 0.6) is 0 Å². The largest absolute Gasteiger partial charge is 0.462 e. The fourth-order valence-electron chi connectivity index (χ4n) is 7.22. The van der Waals surface area contributed by atoms with Crippen LogP contribution in [0.2, 0.25) is 0 Å². The topological polar surface area (TPSA) is 95.9 Å². The highest BCUT2D eigenvalue weighted by Gasteiger charge is 2.24. The summed E-state index contributed by atoms with van der Waals surface area (Å²) in [6, 6.07) is -0.707. The number of aliphatic hydroxyl groups excluding tert-OH is 2. The van der Waals surface area contributed by atoms with Crippen LogP contribution in [0.3, 0.4) is 0 Å². The van der Waals surface area contributed by atoms with Crippen LogP contribution in [0, 0.1) is 0 Å². The Kier molecular flexibility index (Phi) is 42.7. The van der Waals surface area contributed by atoms with Crippen molar-refractivity contribution >= 4 is 11.9 Å². The Balaban J connectivity index is 4.56. The minimum Gasteiger partial charge on any atom is -0.462 e. The summed E-state index contributed by atoms with van der Waals surface area (Å²) in [7, 11) is 0. The van der Waals surface area contributed by atoms with E-state index >= 15 is 0 Å². The molecule has 0 aliphatic carbocycles. The first kappa shape index (κ1) is 54.1. The molecule has 1 amide bonds. The van der Waals surface area contributed by atoms with Crippen LogP contribution in [-0.4, -0.2) is 46.9 Å². The lowest BCUT2D eigenvalue weighted by atomic mass is 10.0. The lowest BCUT2D eigenvalue weighted by molar-refractivity contribution is -0.151. The highest BCUT2D eigenvalue weighted by molar-refractivity contribution is 5.77. The fourth-order valence-corrected chi connectivity index (χ4v) is 7.22. The van der Waals surface area contributed by atoms with Gasteiger partial charge in [-0.25, -0.2) is 0 Å². The van der Waals surface area contributed by atoms with E-state index in [-0.39, 0.29) is 24.9 Å². The molecule has 0 bridgehead atoms. The number of hydrogen-bond acceptors (Lipinski definition) is 5. The Bertz CT molecular complexity index is 930. The SMILES string of the molecule is CCCCC/C=C\C/C=C\CCCCCCCCCC(=O)OC(CCC/C=C\CCCCCCCC)CC(=O)NC(CO)C(O)CCCCCCCCCCC. The van der Waals surface area contributed by atoms with Gasteiger partial charge in [0, 0.05) is 6.42 Å². The van der Waals surface area contributed by atoms with Gasteiger partial charge < -0.3 is 20.3 Å². The molecule has 0 saturated heterocycles. The third-order valence-electron chi connectivity index (χ3n) is 10.9. The van der Waals surface area contributed by atoms with Crippen molar-refractivity contribution in [2.24, 2.45) is 0 Å². The number of amides is 1. The molecule has 0 spiro atoms. The number of ether oxygens (including phenoxy) is 1. The summed E-state index contributed by atoms with van der Waals surface area (Å²) >= 11 is 0. The Hall–Kier alpha value is -1.92. The summed E-state index contributed by atoms with van der Waals surface area (Å²) in [6.07, 6.45) is 50.7. The number of esters is 1. The molecule has 0 heterocycles. The second kappa shape index (κ2) is 44.2. The van der Waals surface area contributed by atoms with Crippen LogP contribution in [0.4, 0.5) is 0 Å². The number of rotatable bonds is 43. The number of aliphatic hydroxyl groups is 2. The third-order valence-corrected chi connectivity index (χ3v) is 10.9. The van der Waals surface area contributed by atoms with E-state index in [1.54, 1.807) is 0 Å². The summed E-state index contributed by atoms with van der Waals surface area (Å²) < 4.78 is 5.89. The summed E-state index contributed by atoms with van der Waals surface area (Å²) in [5, 5.41) is 23.6. The van der Waals surface area contributed by atoms with Crippen molar-refractivity contribution in [2.75, 3.05) is 6.61 Å². The van der Waals surface area contributed by atoms with Crippen molar-refractivity contribution in [3.8, 4) is 0 Å². The molecule has 0 aliphatic heterocycles. The second-order valence-corrected chi connectivity index (χ2v) is 16.5. The van der Waals surface area contributed by atoms with Gasteiger partial charge in [0.25, 0.3) is 0 Å². The lowest BCUT2D eigenvalue weighted by Gasteiger charge is -2.24. The first-order valence-corrected chi connectivity index (χ1v) is 24.2. The maximum absolute atomic E-state index is 13.1. The van der Waals surface area contributed by atoms with Crippen molar-refractivity contribution < 1.29 is 24.5 Å². The molecule has 0 aromatic rings.